The van der Waals surface area contributed by atoms with Gasteiger partial charge in [-0.2, -0.15) is 0 Å². The number of aromatic nitrogens is 1. The van der Waals surface area contributed by atoms with Crippen LogP contribution in [0.15, 0.2) is 36.5 Å². The van der Waals surface area contributed by atoms with Crippen LogP contribution in [0.3, 0.4) is 0 Å². The van der Waals surface area contributed by atoms with Crippen molar-refractivity contribution in [2.75, 3.05) is 0 Å². The highest BCUT2D eigenvalue weighted by molar-refractivity contribution is 5.36. The smallest absolute Gasteiger partial charge is 0.219 e. The number of ether oxygens (including phenoxy) is 1. The zero-order chi connectivity index (χ0) is 13.9. The van der Waals surface area contributed by atoms with E-state index in [1.807, 2.05) is 19.1 Å². The molecule has 1 aromatic carbocycles. The van der Waals surface area contributed by atoms with Gasteiger partial charge in [0.15, 0.2) is 0 Å². The summed E-state index contributed by atoms with van der Waals surface area (Å²) in [5, 5.41) is 3.45. The van der Waals surface area contributed by atoms with Crippen LogP contribution >= 0.6 is 0 Å². The molecular formula is C16H17FN2O. The average Bonchev–Trinajstić information content (AvgIpc) is 3.24. The Kier molecular flexibility index (Phi) is 3.65. The molecule has 2 aromatic rings. The molecule has 1 heterocycles. The number of hydrogen-bond acceptors (Lipinski definition) is 3. The predicted molar refractivity (Wildman–Crippen MR) is 75.3 cm³/mol. The highest BCUT2D eigenvalue weighted by atomic mass is 19.1. The van der Waals surface area contributed by atoms with Crippen LogP contribution in [0.1, 0.15) is 24.0 Å². The third-order valence-electron chi connectivity index (χ3n) is 3.32. The van der Waals surface area contributed by atoms with Crippen molar-refractivity contribution in [3.8, 4) is 11.6 Å². The Morgan fingerprint density at radius 1 is 1.30 bits per heavy atom. The maximum Gasteiger partial charge on any atom is 0.219 e. The lowest BCUT2D eigenvalue weighted by Crippen LogP contribution is -2.15. The molecule has 104 valence electrons. The normalized spacial score (nSPS) is 14.3. The third-order valence-corrected chi connectivity index (χ3v) is 3.32. The largest absolute Gasteiger partial charge is 0.439 e. The summed E-state index contributed by atoms with van der Waals surface area (Å²) in [6.45, 7) is 2.64. The summed E-state index contributed by atoms with van der Waals surface area (Å²) in [7, 11) is 0. The van der Waals surface area contributed by atoms with E-state index in [0.29, 0.717) is 17.7 Å². The second-order valence-corrected chi connectivity index (χ2v) is 5.17. The molecule has 0 bridgehead atoms. The molecule has 0 unspecified atom stereocenters. The molecule has 1 N–H and O–H groups in total. The van der Waals surface area contributed by atoms with Gasteiger partial charge in [0.1, 0.15) is 11.6 Å². The molecule has 0 aliphatic heterocycles. The van der Waals surface area contributed by atoms with Crippen LogP contribution < -0.4 is 10.1 Å². The maximum atomic E-state index is 13.1. The minimum Gasteiger partial charge on any atom is -0.439 e. The summed E-state index contributed by atoms with van der Waals surface area (Å²) in [5.41, 5.74) is 1.90. The molecule has 0 radical (unpaired) electrons. The van der Waals surface area contributed by atoms with Crippen molar-refractivity contribution < 1.29 is 9.13 Å². The predicted octanol–water partition coefficient (Wildman–Crippen LogP) is 3.57. The van der Waals surface area contributed by atoms with E-state index < -0.39 is 0 Å². The van der Waals surface area contributed by atoms with Gasteiger partial charge in [-0.3, -0.25) is 0 Å². The van der Waals surface area contributed by atoms with Gasteiger partial charge in [-0.25, -0.2) is 9.37 Å². The molecule has 3 nitrogen and oxygen atoms in total. The Bertz CT molecular complexity index is 611. The maximum absolute atomic E-state index is 13.1. The van der Waals surface area contributed by atoms with Crippen LogP contribution in [0.25, 0.3) is 0 Å². The number of rotatable bonds is 5. The van der Waals surface area contributed by atoms with Crippen molar-refractivity contribution in [2.24, 2.45) is 0 Å². The van der Waals surface area contributed by atoms with Crippen molar-refractivity contribution in [3.63, 3.8) is 0 Å². The van der Waals surface area contributed by atoms with Crippen molar-refractivity contribution in [2.45, 2.75) is 32.4 Å². The van der Waals surface area contributed by atoms with Gasteiger partial charge < -0.3 is 10.1 Å². The highest BCUT2D eigenvalue weighted by Crippen LogP contribution is 2.25. The van der Waals surface area contributed by atoms with Gasteiger partial charge >= 0.3 is 0 Å². The zero-order valence-electron chi connectivity index (χ0n) is 11.4. The minimum atomic E-state index is -0.259. The first-order valence-electron chi connectivity index (χ1n) is 6.83. The van der Waals surface area contributed by atoms with Gasteiger partial charge in [0, 0.05) is 24.8 Å². The first-order valence-corrected chi connectivity index (χ1v) is 6.83. The van der Waals surface area contributed by atoms with Crippen LogP contribution in [-0.2, 0) is 6.54 Å². The van der Waals surface area contributed by atoms with E-state index in [0.717, 1.165) is 17.7 Å². The van der Waals surface area contributed by atoms with Gasteiger partial charge in [0.25, 0.3) is 0 Å². The number of halogens is 1. The van der Waals surface area contributed by atoms with Gasteiger partial charge in [0.05, 0.1) is 0 Å². The number of pyridine rings is 1. The van der Waals surface area contributed by atoms with Crippen LogP contribution in [0.5, 0.6) is 11.6 Å². The molecule has 0 atom stereocenters. The Balaban J connectivity index is 1.70. The summed E-state index contributed by atoms with van der Waals surface area (Å²) in [6, 6.07) is 9.03. The monoisotopic (exact) mass is 272 g/mol. The molecule has 1 aliphatic rings. The second kappa shape index (κ2) is 5.59. The molecule has 1 aliphatic carbocycles. The fourth-order valence-corrected chi connectivity index (χ4v) is 2.01. The fraction of sp³-hybridized carbons (Fsp3) is 0.312. The SMILES string of the molecule is Cc1cc(F)ccc1Oc1cc(CNC2CC2)ccn1. The quantitative estimate of drug-likeness (QED) is 0.903. The standard InChI is InChI=1S/C16H17FN2O/c1-11-8-13(17)2-5-15(11)20-16-9-12(6-7-18-16)10-19-14-3-4-14/h2,5-9,14,19H,3-4,10H2,1H3. The fourth-order valence-electron chi connectivity index (χ4n) is 2.01. The van der Waals surface area contributed by atoms with E-state index in [2.05, 4.69) is 10.3 Å². The van der Waals surface area contributed by atoms with E-state index in [-0.39, 0.29) is 5.82 Å². The lowest BCUT2D eigenvalue weighted by molar-refractivity contribution is 0.456. The molecule has 0 amide bonds. The van der Waals surface area contributed by atoms with Crippen molar-refractivity contribution in [3.05, 3.63) is 53.5 Å². The number of hydrogen-bond donors (Lipinski definition) is 1. The first kappa shape index (κ1) is 13.1. The highest BCUT2D eigenvalue weighted by Gasteiger charge is 2.19. The molecule has 1 aromatic heterocycles. The third kappa shape index (κ3) is 3.33. The molecule has 0 spiro atoms. The van der Waals surface area contributed by atoms with E-state index in [1.165, 1.54) is 25.0 Å². The molecule has 1 saturated carbocycles. The summed E-state index contributed by atoms with van der Waals surface area (Å²) in [5.74, 6) is 0.909. The molecule has 0 saturated heterocycles. The summed E-state index contributed by atoms with van der Waals surface area (Å²) < 4.78 is 18.8. The minimum absolute atomic E-state index is 0.259. The Labute approximate surface area is 117 Å². The molecule has 3 rings (SSSR count). The van der Waals surface area contributed by atoms with Crippen LogP contribution in [-0.4, -0.2) is 11.0 Å². The molecule has 4 heteroatoms. The van der Waals surface area contributed by atoms with E-state index >= 15 is 0 Å². The van der Waals surface area contributed by atoms with Crippen LogP contribution in [0.2, 0.25) is 0 Å². The van der Waals surface area contributed by atoms with Crippen LogP contribution in [0, 0.1) is 12.7 Å². The van der Waals surface area contributed by atoms with E-state index in [9.17, 15) is 4.39 Å². The van der Waals surface area contributed by atoms with Crippen molar-refractivity contribution in [1.29, 1.82) is 0 Å². The Morgan fingerprint density at radius 3 is 2.90 bits per heavy atom. The van der Waals surface area contributed by atoms with Gasteiger partial charge in [0.2, 0.25) is 5.88 Å². The summed E-state index contributed by atoms with van der Waals surface area (Å²) in [6.07, 6.45) is 4.27. The molecule has 1 fully saturated rings. The Hall–Kier alpha value is -1.94. The number of aryl methyl sites for hydroxylation is 1. The Morgan fingerprint density at radius 2 is 2.15 bits per heavy atom. The summed E-state index contributed by atoms with van der Waals surface area (Å²) in [4.78, 5) is 4.20. The second-order valence-electron chi connectivity index (χ2n) is 5.17. The van der Waals surface area contributed by atoms with Gasteiger partial charge in [-0.05, 0) is 55.2 Å². The molecular weight excluding hydrogens is 255 g/mol. The lowest BCUT2D eigenvalue weighted by Gasteiger charge is -2.09. The topological polar surface area (TPSA) is 34.1 Å². The van der Waals surface area contributed by atoms with E-state index in [4.69, 9.17) is 4.74 Å². The van der Waals surface area contributed by atoms with Crippen molar-refractivity contribution >= 4 is 0 Å². The van der Waals surface area contributed by atoms with Gasteiger partial charge in [-0.1, -0.05) is 0 Å². The van der Waals surface area contributed by atoms with Crippen LogP contribution in [0.4, 0.5) is 4.39 Å². The molecule has 20 heavy (non-hydrogen) atoms. The van der Waals surface area contributed by atoms with Crippen molar-refractivity contribution in [1.82, 2.24) is 10.3 Å². The number of nitrogens with one attached hydrogen (secondary N) is 1. The first-order chi connectivity index (χ1) is 9.70. The zero-order valence-corrected chi connectivity index (χ0v) is 11.4. The summed E-state index contributed by atoms with van der Waals surface area (Å²) >= 11 is 0. The van der Waals surface area contributed by atoms with E-state index in [1.54, 1.807) is 12.3 Å². The number of benzene rings is 1. The van der Waals surface area contributed by atoms with Gasteiger partial charge in [-0.15, -0.1) is 0 Å². The number of nitrogens with zero attached hydrogens (tertiary/aromatic N) is 1. The average molecular weight is 272 g/mol. The lowest BCUT2D eigenvalue weighted by atomic mass is 10.2.